The van der Waals surface area contributed by atoms with Gasteiger partial charge in [-0.25, -0.2) is 0 Å². The van der Waals surface area contributed by atoms with Crippen LogP contribution in [-0.4, -0.2) is 21.7 Å². The number of hydrogen-bond acceptors (Lipinski definition) is 4. The van der Waals surface area contributed by atoms with E-state index in [2.05, 4.69) is 27.4 Å². The molecule has 0 unspecified atom stereocenters. The Morgan fingerprint density at radius 2 is 1.83 bits per heavy atom. The maximum atomic E-state index is 12.3. The number of ketones is 1. The van der Waals surface area contributed by atoms with Crippen LogP contribution in [0.15, 0.2) is 24.0 Å². The fourth-order valence-electron chi connectivity index (χ4n) is 8.90. The average Bonchev–Trinajstić information content (AvgIpc) is 3.18. The summed E-state index contributed by atoms with van der Waals surface area (Å²) in [5.74, 6) is 2.30. The molecule has 0 amide bonds. The zero-order valence-corrected chi connectivity index (χ0v) is 19.8. The lowest BCUT2D eigenvalue weighted by Gasteiger charge is -2.66. The molecule has 0 aromatic carbocycles. The molecule has 4 fully saturated rings. The molecule has 1 aliphatic heterocycles. The smallest absolute Gasteiger partial charge is 0.186 e. The quantitative estimate of drug-likeness (QED) is 0.496. The van der Waals surface area contributed by atoms with Crippen molar-refractivity contribution < 1.29 is 14.3 Å². The van der Waals surface area contributed by atoms with E-state index >= 15 is 0 Å². The molecule has 4 aliphatic carbocycles. The second-order valence-electron chi connectivity index (χ2n) is 11.5. The van der Waals surface area contributed by atoms with Gasteiger partial charge in [0, 0.05) is 30.4 Å². The van der Waals surface area contributed by atoms with Gasteiger partial charge >= 0.3 is 0 Å². The van der Waals surface area contributed by atoms with Crippen molar-refractivity contribution in [1.82, 2.24) is 0 Å². The van der Waals surface area contributed by atoms with Crippen molar-refractivity contribution in [3.8, 4) is 0 Å². The SMILES string of the molecule is C=C1CC[C@@]2(CC[C@H]3[C@]4(C)[C@H](SC(C)=O)CC5=CC(=O)CC[C@]5(C)[C@H]4CC[C@@]32C)O1. The Kier molecular flexibility index (Phi) is 4.51. The highest BCUT2D eigenvalue weighted by Gasteiger charge is 2.71. The molecule has 4 heteroatoms. The van der Waals surface area contributed by atoms with Crippen molar-refractivity contribution in [3.05, 3.63) is 24.0 Å². The number of hydrogen-bond donors (Lipinski definition) is 0. The van der Waals surface area contributed by atoms with Crippen LogP contribution in [0.4, 0.5) is 0 Å². The predicted molar refractivity (Wildman–Crippen MR) is 121 cm³/mol. The lowest BCUT2D eigenvalue weighted by Crippen LogP contribution is -2.63. The summed E-state index contributed by atoms with van der Waals surface area (Å²) in [5.41, 5.74) is 1.56. The van der Waals surface area contributed by atoms with Gasteiger partial charge in [0.25, 0.3) is 0 Å². The Labute approximate surface area is 185 Å². The van der Waals surface area contributed by atoms with Crippen LogP contribution in [0.2, 0.25) is 0 Å². The zero-order valence-electron chi connectivity index (χ0n) is 19.0. The molecule has 0 aromatic rings. The molecule has 7 atom stereocenters. The second kappa shape index (κ2) is 6.49. The van der Waals surface area contributed by atoms with Crippen LogP contribution in [0.3, 0.4) is 0 Å². The summed E-state index contributed by atoms with van der Waals surface area (Å²) in [6.45, 7) is 13.3. The minimum atomic E-state index is -0.0618. The summed E-state index contributed by atoms with van der Waals surface area (Å²) < 4.78 is 6.54. The molecule has 0 radical (unpaired) electrons. The first-order valence-electron chi connectivity index (χ1n) is 11.8. The topological polar surface area (TPSA) is 43.4 Å². The van der Waals surface area contributed by atoms with Crippen molar-refractivity contribution >= 4 is 22.7 Å². The fourth-order valence-corrected chi connectivity index (χ4v) is 10.1. The van der Waals surface area contributed by atoms with E-state index in [9.17, 15) is 9.59 Å². The van der Waals surface area contributed by atoms with E-state index in [0.29, 0.717) is 18.3 Å². The lowest BCUT2D eigenvalue weighted by molar-refractivity contribution is -0.157. The maximum Gasteiger partial charge on any atom is 0.186 e. The van der Waals surface area contributed by atoms with Crippen molar-refractivity contribution in [1.29, 1.82) is 0 Å². The van der Waals surface area contributed by atoms with Crippen LogP contribution in [0, 0.1) is 28.1 Å². The molecule has 0 N–H and O–H groups in total. The van der Waals surface area contributed by atoms with Crippen molar-refractivity contribution in [2.45, 2.75) is 96.3 Å². The molecule has 1 saturated heterocycles. The number of carbonyl (C=O) groups excluding carboxylic acids is 2. The Balaban J connectivity index is 1.61. The summed E-state index contributed by atoms with van der Waals surface area (Å²) in [7, 11) is 0. The molecule has 1 heterocycles. The Bertz CT molecular complexity index is 860. The number of ether oxygens (including phenoxy) is 1. The summed E-state index contributed by atoms with van der Waals surface area (Å²) in [6, 6.07) is 0. The van der Waals surface area contributed by atoms with Gasteiger partial charge in [-0.15, -0.1) is 0 Å². The molecule has 164 valence electrons. The normalized spacial score (nSPS) is 49.9. The molecule has 0 bridgehead atoms. The molecular weight excluding hydrogens is 392 g/mol. The third-order valence-electron chi connectivity index (χ3n) is 10.4. The molecule has 3 saturated carbocycles. The van der Waals surface area contributed by atoms with E-state index in [4.69, 9.17) is 4.74 Å². The lowest BCUT2D eigenvalue weighted by atomic mass is 9.40. The van der Waals surface area contributed by atoms with E-state index in [0.717, 1.165) is 44.3 Å². The molecule has 1 spiro atoms. The number of thioether (sulfide) groups is 1. The van der Waals surface area contributed by atoms with Crippen LogP contribution in [0.5, 0.6) is 0 Å². The fraction of sp³-hybridized carbons (Fsp3) is 0.769. The maximum absolute atomic E-state index is 12.3. The zero-order chi connectivity index (χ0) is 21.5. The van der Waals surface area contributed by atoms with Crippen molar-refractivity contribution in [2.75, 3.05) is 0 Å². The van der Waals surface area contributed by atoms with Crippen molar-refractivity contribution in [2.24, 2.45) is 28.1 Å². The highest BCUT2D eigenvalue weighted by molar-refractivity contribution is 8.14. The summed E-state index contributed by atoms with van der Waals surface area (Å²) in [6.07, 6.45) is 11.2. The summed E-state index contributed by atoms with van der Waals surface area (Å²) in [4.78, 5) is 24.6. The molecule has 0 aromatic heterocycles. The number of rotatable bonds is 1. The highest BCUT2D eigenvalue weighted by Crippen LogP contribution is 2.75. The predicted octanol–water partition coefficient (Wildman–Crippen LogP) is 6.23. The first-order chi connectivity index (χ1) is 14.0. The van der Waals surface area contributed by atoms with Crippen molar-refractivity contribution in [3.63, 3.8) is 0 Å². The third kappa shape index (κ3) is 2.52. The average molecular weight is 429 g/mol. The van der Waals surface area contributed by atoms with Crippen LogP contribution >= 0.6 is 11.8 Å². The monoisotopic (exact) mass is 428 g/mol. The summed E-state index contributed by atoms with van der Waals surface area (Å²) >= 11 is 1.55. The van der Waals surface area contributed by atoms with Gasteiger partial charge in [0.05, 0.1) is 5.76 Å². The van der Waals surface area contributed by atoms with Gasteiger partial charge in [0.15, 0.2) is 10.9 Å². The van der Waals surface area contributed by atoms with Gasteiger partial charge < -0.3 is 4.74 Å². The van der Waals surface area contributed by atoms with E-state index in [1.807, 2.05) is 6.08 Å². The number of carbonyl (C=O) groups is 2. The first kappa shape index (κ1) is 20.8. The largest absolute Gasteiger partial charge is 0.492 e. The standard InChI is InChI=1S/C26H36O3S/c1-16-6-12-26(29-16)13-9-21-24(26,4)11-8-20-23(3)10-7-19(28)14-18(23)15-22(25(20,21)5)30-17(2)27/h14,20-22H,1,6-13,15H2,2-5H3/t20-,21-,22-,23+,24+,25-,26+/m1/s1. The minimum absolute atomic E-state index is 0.0618. The van der Waals surface area contributed by atoms with Gasteiger partial charge in [-0.05, 0) is 73.7 Å². The Hall–Kier alpha value is -1.03. The number of fused-ring (bicyclic) bond motifs is 6. The van der Waals surface area contributed by atoms with E-state index in [1.165, 1.54) is 18.4 Å². The van der Waals surface area contributed by atoms with E-state index < -0.39 is 0 Å². The number of allylic oxidation sites excluding steroid dienone is 2. The van der Waals surface area contributed by atoms with Gasteiger partial charge in [0.2, 0.25) is 0 Å². The Morgan fingerprint density at radius 3 is 2.50 bits per heavy atom. The third-order valence-corrected chi connectivity index (χ3v) is 11.7. The van der Waals surface area contributed by atoms with Gasteiger partial charge in [0.1, 0.15) is 5.60 Å². The van der Waals surface area contributed by atoms with Gasteiger partial charge in [-0.1, -0.05) is 44.7 Å². The molecule has 5 rings (SSSR count). The van der Waals surface area contributed by atoms with Gasteiger partial charge in [-0.2, -0.15) is 0 Å². The highest BCUT2D eigenvalue weighted by atomic mass is 32.2. The van der Waals surface area contributed by atoms with Crippen LogP contribution in [0.1, 0.15) is 85.5 Å². The van der Waals surface area contributed by atoms with Crippen LogP contribution in [-0.2, 0) is 14.3 Å². The Morgan fingerprint density at radius 1 is 1.10 bits per heavy atom. The van der Waals surface area contributed by atoms with Crippen LogP contribution < -0.4 is 0 Å². The van der Waals surface area contributed by atoms with Gasteiger partial charge in [-0.3, -0.25) is 9.59 Å². The van der Waals surface area contributed by atoms with E-state index in [-0.39, 0.29) is 38.0 Å². The first-order valence-corrected chi connectivity index (χ1v) is 12.7. The molecule has 3 nitrogen and oxygen atoms in total. The second-order valence-corrected chi connectivity index (χ2v) is 12.8. The molecular formula is C26H36O3S. The molecule has 30 heavy (non-hydrogen) atoms. The minimum Gasteiger partial charge on any atom is -0.492 e. The van der Waals surface area contributed by atoms with E-state index in [1.54, 1.807) is 18.7 Å². The van der Waals surface area contributed by atoms with Crippen LogP contribution in [0.25, 0.3) is 0 Å². The molecule has 5 aliphatic rings. The summed E-state index contributed by atoms with van der Waals surface area (Å²) in [5, 5.41) is 0.450.